The van der Waals surface area contributed by atoms with Crippen molar-refractivity contribution in [2.45, 2.75) is 58.4 Å². The van der Waals surface area contributed by atoms with Gasteiger partial charge in [-0.25, -0.2) is 4.90 Å². The van der Waals surface area contributed by atoms with Gasteiger partial charge in [-0.15, -0.1) is 0 Å². The Balaban J connectivity index is 1.46. The largest absolute Gasteiger partial charge is 0.335 e. The van der Waals surface area contributed by atoms with Gasteiger partial charge in [-0.1, -0.05) is 25.0 Å². The topological polar surface area (TPSA) is 57.7 Å². The third kappa shape index (κ3) is 3.27. The second-order valence-corrected chi connectivity index (χ2v) is 9.25. The molecule has 0 unspecified atom stereocenters. The Kier molecular flexibility index (Phi) is 4.92. The van der Waals surface area contributed by atoms with Crippen molar-refractivity contribution >= 4 is 23.4 Å². The van der Waals surface area contributed by atoms with E-state index >= 15 is 0 Å². The first-order valence-corrected chi connectivity index (χ1v) is 11.4. The second-order valence-electron chi connectivity index (χ2n) is 9.25. The average molecular weight is 417 g/mol. The second kappa shape index (κ2) is 7.63. The Labute approximate surface area is 183 Å². The summed E-state index contributed by atoms with van der Waals surface area (Å²) in [6, 6.07) is 11.1. The van der Waals surface area contributed by atoms with Crippen LogP contribution >= 0.6 is 0 Å². The maximum absolute atomic E-state index is 13.4. The molecule has 160 valence electrons. The predicted octanol–water partition coefficient (Wildman–Crippen LogP) is 4.90. The lowest BCUT2D eigenvalue weighted by molar-refractivity contribution is 0.0390. The number of benzene rings is 2. The highest BCUT2D eigenvalue weighted by atomic mass is 16.2. The number of carbonyl (C=O) groups excluding carboxylic acids is 3. The maximum Gasteiger partial charge on any atom is 0.266 e. The molecule has 1 aliphatic carbocycles. The molecule has 2 atom stereocenters. The van der Waals surface area contributed by atoms with E-state index in [0.29, 0.717) is 34.3 Å². The van der Waals surface area contributed by atoms with Crippen LogP contribution in [0.5, 0.6) is 0 Å². The number of aryl methyl sites for hydroxylation is 2. The molecule has 31 heavy (non-hydrogen) atoms. The third-order valence-corrected chi connectivity index (χ3v) is 7.24. The molecule has 1 saturated heterocycles. The first kappa shape index (κ1) is 20.0. The van der Waals surface area contributed by atoms with Gasteiger partial charge >= 0.3 is 0 Å². The molecule has 5 heteroatoms. The third-order valence-electron chi connectivity index (χ3n) is 7.24. The fourth-order valence-corrected chi connectivity index (χ4v) is 5.60. The van der Waals surface area contributed by atoms with Gasteiger partial charge in [-0.2, -0.15) is 0 Å². The molecule has 2 fully saturated rings. The quantitative estimate of drug-likeness (QED) is 0.655. The zero-order chi connectivity index (χ0) is 21.7. The number of likely N-dealkylation sites (tertiary alicyclic amines) is 1. The van der Waals surface area contributed by atoms with Gasteiger partial charge in [0.2, 0.25) is 0 Å². The van der Waals surface area contributed by atoms with Gasteiger partial charge in [0.05, 0.1) is 16.8 Å². The highest BCUT2D eigenvalue weighted by Crippen LogP contribution is 2.37. The summed E-state index contributed by atoms with van der Waals surface area (Å²) >= 11 is 0. The Bertz CT molecular complexity index is 1090. The van der Waals surface area contributed by atoms with Crippen LogP contribution in [0.25, 0.3) is 0 Å². The minimum atomic E-state index is -0.350. The van der Waals surface area contributed by atoms with Gasteiger partial charge in [0, 0.05) is 18.2 Å². The van der Waals surface area contributed by atoms with Crippen molar-refractivity contribution in [2.75, 3.05) is 11.4 Å². The molecule has 0 bridgehead atoms. The number of carbonyl (C=O) groups is 3. The van der Waals surface area contributed by atoms with Crippen molar-refractivity contribution in [3.63, 3.8) is 0 Å². The molecular formula is C26H28N2O3. The van der Waals surface area contributed by atoms with Crippen LogP contribution in [0.15, 0.2) is 36.4 Å². The number of hydrogen-bond acceptors (Lipinski definition) is 3. The summed E-state index contributed by atoms with van der Waals surface area (Å²) in [6.45, 7) is 4.61. The van der Waals surface area contributed by atoms with E-state index in [0.717, 1.165) is 30.5 Å². The number of anilines is 1. The Morgan fingerprint density at radius 3 is 2.45 bits per heavy atom. The highest BCUT2D eigenvalue weighted by molar-refractivity contribution is 6.35. The summed E-state index contributed by atoms with van der Waals surface area (Å²) in [7, 11) is 0. The lowest BCUT2D eigenvalue weighted by atomic mass is 9.78. The molecule has 0 N–H and O–H groups in total. The zero-order valence-corrected chi connectivity index (χ0v) is 18.2. The Morgan fingerprint density at radius 1 is 0.871 bits per heavy atom. The smallest absolute Gasteiger partial charge is 0.266 e. The molecule has 0 radical (unpaired) electrons. The number of hydrogen-bond donors (Lipinski definition) is 0. The van der Waals surface area contributed by atoms with Gasteiger partial charge in [0.15, 0.2) is 0 Å². The summed E-state index contributed by atoms with van der Waals surface area (Å²) in [5, 5.41) is 0. The van der Waals surface area contributed by atoms with Crippen LogP contribution in [-0.2, 0) is 0 Å². The molecule has 0 aromatic heterocycles. The first-order chi connectivity index (χ1) is 15.0. The molecule has 0 spiro atoms. The Morgan fingerprint density at radius 2 is 1.61 bits per heavy atom. The number of amides is 3. The van der Waals surface area contributed by atoms with Crippen molar-refractivity contribution in [2.24, 2.45) is 5.92 Å². The van der Waals surface area contributed by atoms with E-state index in [9.17, 15) is 14.4 Å². The van der Waals surface area contributed by atoms with E-state index in [2.05, 4.69) is 0 Å². The van der Waals surface area contributed by atoms with Crippen LogP contribution in [0.4, 0.5) is 5.69 Å². The van der Waals surface area contributed by atoms with E-state index in [1.54, 1.807) is 18.2 Å². The summed E-state index contributed by atoms with van der Waals surface area (Å²) in [5.41, 5.74) is 3.67. The molecule has 2 aromatic rings. The number of piperidine rings is 1. The van der Waals surface area contributed by atoms with Crippen LogP contribution in [0.3, 0.4) is 0 Å². The van der Waals surface area contributed by atoms with Crippen LogP contribution in [-0.4, -0.2) is 35.2 Å². The van der Waals surface area contributed by atoms with Crippen molar-refractivity contribution in [1.82, 2.24) is 4.90 Å². The molecule has 3 amide bonds. The predicted molar refractivity (Wildman–Crippen MR) is 120 cm³/mol. The van der Waals surface area contributed by atoms with E-state index in [-0.39, 0.29) is 17.7 Å². The lowest BCUT2D eigenvalue weighted by Gasteiger charge is -2.44. The monoisotopic (exact) mass is 416 g/mol. The summed E-state index contributed by atoms with van der Waals surface area (Å²) in [4.78, 5) is 43.0. The van der Waals surface area contributed by atoms with Crippen LogP contribution in [0.2, 0.25) is 0 Å². The lowest BCUT2D eigenvalue weighted by Crippen LogP contribution is -2.49. The summed E-state index contributed by atoms with van der Waals surface area (Å²) < 4.78 is 0. The number of imide groups is 1. The van der Waals surface area contributed by atoms with Crippen molar-refractivity contribution in [1.29, 1.82) is 0 Å². The summed E-state index contributed by atoms with van der Waals surface area (Å²) in [6.07, 6.45) is 6.95. The Hall–Kier alpha value is -2.95. The molecular weight excluding hydrogens is 388 g/mol. The van der Waals surface area contributed by atoms with E-state index in [1.807, 2.05) is 36.9 Å². The average Bonchev–Trinajstić information content (AvgIpc) is 3.04. The highest BCUT2D eigenvalue weighted by Gasteiger charge is 2.40. The van der Waals surface area contributed by atoms with Gasteiger partial charge in [-0.05, 0) is 80.8 Å². The van der Waals surface area contributed by atoms with Crippen LogP contribution in [0, 0.1) is 19.8 Å². The number of rotatable bonds is 2. The normalized spacial score (nSPS) is 23.0. The fraction of sp³-hybridized carbons (Fsp3) is 0.423. The zero-order valence-electron chi connectivity index (χ0n) is 18.2. The van der Waals surface area contributed by atoms with E-state index in [4.69, 9.17) is 0 Å². The molecule has 2 aromatic carbocycles. The van der Waals surface area contributed by atoms with Crippen molar-refractivity contribution in [3.05, 3.63) is 64.2 Å². The molecule has 2 heterocycles. The maximum atomic E-state index is 13.4. The van der Waals surface area contributed by atoms with Gasteiger partial charge in [0.1, 0.15) is 0 Å². The van der Waals surface area contributed by atoms with Gasteiger partial charge in [-0.3, -0.25) is 14.4 Å². The van der Waals surface area contributed by atoms with Gasteiger partial charge in [0.25, 0.3) is 17.7 Å². The fourth-order valence-electron chi connectivity index (χ4n) is 5.60. The van der Waals surface area contributed by atoms with E-state index < -0.39 is 0 Å². The first-order valence-electron chi connectivity index (χ1n) is 11.4. The van der Waals surface area contributed by atoms with Gasteiger partial charge < -0.3 is 4.90 Å². The number of fused-ring (bicyclic) bond motifs is 2. The van der Waals surface area contributed by atoms with Crippen LogP contribution in [0.1, 0.15) is 80.7 Å². The number of nitrogens with zero attached hydrogens (tertiary/aromatic N) is 2. The summed E-state index contributed by atoms with van der Waals surface area (Å²) in [5.74, 6) is -0.0794. The van der Waals surface area contributed by atoms with E-state index in [1.165, 1.54) is 30.6 Å². The molecule has 5 nitrogen and oxygen atoms in total. The van der Waals surface area contributed by atoms with Crippen molar-refractivity contribution in [3.8, 4) is 0 Å². The molecule has 5 rings (SSSR count). The molecule has 3 aliphatic rings. The minimum Gasteiger partial charge on any atom is -0.335 e. The molecule has 1 saturated carbocycles. The SMILES string of the molecule is Cc1ccc(C)c(N2C(=O)c3ccc(C(=O)N4CCC[C@H]5CCCC[C@H]54)cc3C2=O)c1. The van der Waals surface area contributed by atoms with Crippen LogP contribution < -0.4 is 4.90 Å². The minimum absolute atomic E-state index is 0.00941. The standard InChI is InChI=1S/C26H28N2O3/c1-16-9-10-17(2)23(14-16)28-25(30)20-12-11-19(15-21(20)26(28)31)24(29)27-13-5-7-18-6-3-4-8-22(18)27/h9-12,14-15,18,22H,3-8,13H2,1-2H3/t18-,22-/m1/s1. The van der Waals surface area contributed by atoms with Crippen molar-refractivity contribution < 1.29 is 14.4 Å². The molecule has 2 aliphatic heterocycles.